The second-order valence-electron chi connectivity index (χ2n) is 10.6. The minimum absolute atomic E-state index is 0.136. The first-order valence-electron chi connectivity index (χ1n) is 15.2. The van der Waals surface area contributed by atoms with E-state index in [-0.39, 0.29) is 31.0 Å². The number of rotatable bonds is 12. The molecule has 252 valence electrons. The molecule has 49 heavy (non-hydrogen) atoms. The highest BCUT2D eigenvalue weighted by atomic mass is 79.9. The van der Waals surface area contributed by atoms with Gasteiger partial charge in [0.05, 0.1) is 58.3 Å². The molecule has 0 aliphatic carbocycles. The monoisotopic (exact) mass is 745 g/mol. The van der Waals surface area contributed by atoms with E-state index in [0.29, 0.717) is 54.5 Å². The lowest BCUT2D eigenvalue weighted by Crippen LogP contribution is -2.40. The predicted molar refractivity (Wildman–Crippen MR) is 185 cm³/mol. The lowest BCUT2D eigenvalue weighted by molar-refractivity contribution is -0.143. The smallest absolute Gasteiger partial charge is 0.343 e. The highest BCUT2D eigenvalue weighted by molar-refractivity contribution is 9.10. The largest absolute Gasteiger partial charge is 0.490 e. The third-order valence-electron chi connectivity index (χ3n) is 7.45. The Labute approximate surface area is 294 Å². The van der Waals surface area contributed by atoms with Gasteiger partial charge in [-0.2, -0.15) is 5.26 Å². The Morgan fingerprint density at radius 3 is 2.51 bits per heavy atom. The lowest BCUT2D eigenvalue weighted by Gasteiger charge is -2.25. The van der Waals surface area contributed by atoms with Gasteiger partial charge in [0.25, 0.3) is 5.56 Å². The van der Waals surface area contributed by atoms with Crippen LogP contribution in [0, 0.1) is 11.3 Å². The van der Waals surface area contributed by atoms with E-state index in [1.807, 2.05) is 24.3 Å². The first-order valence-corrected chi connectivity index (χ1v) is 16.9. The van der Waals surface area contributed by atoms with Crippen LogP contribution in [-0.2, 0) is 25.7 Å². The van der Waals surface area contributed by atoms with Gasteiger partial charge in [0.2, 0.25) is 0 Å². The van der Waals surface area contributed by atoms with E-state index >= 15 is 0 Å². The van der Waals surface area contributed by atoms with Crippen molar-refractivity contribution in [2.24, 2.45) is 4.99 Å². The van der Waals surface area contributed by atoms with Gasteiger partial charge < -0.3 is 23.7 Å². The second-order valence-corrected chi connectivity index (χ2v) is 12.4. The Hall–Kier alpha value is -5.19. The third kappa shape index (κ3) is 7.77. The number of halogens is 1. The first-order chi connectivity index (χ1) is 23.7. The van der Waals surface area contributed by atoms with Crippen LogP contribution in [0.5, 0.6) is 17.2 Å². The molecule has 0 fully saturated rings. The fraction of sp³-hybridized carbons (Fsp3) is 0.250. The van der Waals surface area contributed by atoms with Crippen molar-refractivity contribution in [2.75, 3.05) is 26.9 Å². The summed E-state index contributed by atoms with van der Waals surface area (Å²) >= 11 is 4.76. The van der Waals surface area contributed by atoms with Gasteiger partial charge >= 0.3 is 11.9 Å². The van der Waals surface area contributed by atoms with Gasteiger partial charge in [0, 0.05) is 5.56 Å². The quantitative estimate of drug-likeness (QED) is 0.184. The van der Waals surface area contributed by atoms with Gasteiger partial charge in [-0.15, -0.1) is 0 Å². The fourth-order valence-corrected chi connectivity index (χ4v) is 6.73. The number of ether oxygens (including phenoxy) is 5. The number of benzene rings is 3. The van der Waals surface area contributed by atoms with Crippen LogP contribution in [0.1, 0.15) is 49.1 Å². The number of nitriles is 1. The molecule has 0 amide bonds. The molecule has 1 atom stereocenters. The number of nitrogens with zero attached hydrogens (tertiary/aromatic N) is 3. The normalized spacial score (nSPS) is 14.0. The molecular formula is C36H32BrN3O8S. The van der Waals surface area contributed by atoms with Crippen LogP contribution in [0.25, 0.3) is 6.08 Å². The molecule has 1 aromatic heterocycles. The number of methoxy groups -OCH3 is 1. The summed E-state index contributed by atoms with van der Waals surface area (Å²) in [5.41, 5.74) is 2.88. The molecule has 0 spiro atoms. The SMILES string of the molecule is CCOC(=O)C1=C(C)N=c2s/c(=C\c3ccc(OCc4ccccc4C#N)c(Br)c3)c(=O)n2[C@@H]1c1ccc(OCC(=O)OC)c(OCC)c1. The molecule has 3 aromatic carbocycles. The van der Waals surface area contributed by atoms with Crippen LogP contribution in [0.4, 0.5) is 0 Å². The molecule has 2 heterocycles. The third-order valence-corrected chi connectivity index (χ3v) is 9.05. The van der Waals surface area contributed by atoms with Gasteiger partial charge in [-0.1, -0.05) is 41.7 Å². The van der Waals surface area contributed by atoms with E-state index in [0.717, 1.165) is 11.1 Å². The Morgan fingerprint density at radius 2 is 1.80 bits per heavy atom. The topological polar surface area (TPSA) is 138 Å². The summed E-state index contributed by atoms with van der Waals surface area (Å²) in [6, 6.07) is 19.0. The van der Waals surface area contributed by atoms with Crippen molar-refractivity contribution in [3.8, 4) is 23.3 Å². The van der Waals surface area contributed by atoms with E-state index < -0.39 is 18.0 Å². The van der Waals surface area contributed by atoms with Crippen LogP contribution in [-0.4, -0.2) is 43.4 Å². The van der Waals surface area contributed by atoms with E-state index in [2.05, 4.69) is 31.7 Å². The Balaban J connectivity index is 1.54. The van der Waals surface area contributed by atoms with Gasteiger partial charge in [0.1, 0.15) is 12.4 Å². The summed E-state index contributed by atoms with van der Waals surface area (Å²) in [6.45, 7) is 5.54. The average molecular weight is 747 g/mol. The van der Waals surface area contributed by atoms with Crippen molar-refractivity contribution < 1.29 is 33.3 Å². The summed E-state index contributed by atoms with van der Waals surface area (Å²) in [4.78, 5) is 44.2. The molecule has 13 heteroatoms. The molecule has 0 saturated carbocycles. The summed E-state index contributed by atoms with van der Waals surface area (Å²) in [5.74, 6) is 0.0488. The highest BCUT2D eigenvalue weighted by Crippen LogP contribution is 2.36. The van der Waals surface area contributed by atoms with Crippen molar-refractivity contribution in [3.63, 3.8) is 0 Å². The number of thiazole rings is 1. The molecule has 0 saturated heterocycles. The van der Waals surface area contributed by atoms with Gasteiger partial charge in [-0.3, -0.25) is 9.36 Å². The van der Waals surface area contributed by atoms with Crippen LogP contribution >= 0.6 is 27.3 Å². The standard InChI is InChI=1S/C36H32BrN3O8S/c1-5-45-29-17-23(12-14-28(29)48-20-31(41)44-4)33-32(35(43)46-6-2)21(3)39-36-40(33)34(42)30(49-36)16-22-11-13-27(26(37)15-22)47-19-25-10-8-7-9-24(25)18-38/h7-17,33H,5-6,19-20H2,1-4H3/b30-16-/t33-/m1/s1. The molecular weight excluding hydrogens is 714 g/mol. The summed E-state index contributed by atoms with van der Waals surface area (Å²) in [7, 11) is 1.27. The minimum Gasteiger partial charge on any atom is -0.490 e. The molecule has 0 bridgehead atoms. The zero-order valence-corrected chi connectivity index (χ0v) is 29.6. The predicted octanol–water partition coefficient (Wildman–Crippen LogP) is 4.96. The number of hydrogen-bond acceptors (Lipinski definition) is 11. The molecule has 4 aromatic rings. The van der Waals surface area contributed by atoms with Gasteiger partial charge in [-0.25, -0.2) is 14.6 Å². The Morgan fingerprint density at radius 1 is 1.02 bits per heavy atom. The van der Waals surface area contributed by atoms with Crippen molar-refractivity contribution in [1.82, 2.24) is 4.57 Å². The summed E-state index contributed by atoms with van der Waals surface area (Å²) in [6.07, 6.45) is 1.75. The second kappa shape index (κ2) is 15.8. The van der Waals surface area contributed by atoms with Crippen molar-refractivity contribution in [3.05, 3.63) is 118 Å². The van der Waals surface area contributed by atoms with E-state index in [1.54, 1.807) is 63.2 Å². The number of fused-ring (bicyclic) bond motifs is 1. The number of aromatic nitrogens is 1. The molecule has 0 N–H and O–H groups in total. The van der Waals surface area contributed by atoms with Crippen LogP contribution in [0.15, 0.2) is 86.2 Å². The van der Waals surface area contributed by atoms with Crippen LogP contribution < -0.4 is 29.1 Å². The number of esters is 2. The molecule has 1 aliphatic rings. The maximum Gasteiger partial charge on any atom is 0.343 e. The molecule has 0 radical (unpaired) electrons. The van der Waals surface area contributed by atoms with Gasteiger partial charge in [0.15, 0.2) is 22.9 Å². The number of allylic oxidation sites excluding steroid dienone is 1. The molecule has 0 unspecified atom stereocenters. The number of hydrogen-bond donors (Lipinski definition) is 0. The Kier molecular flexibility index (Phi) is 11.3. The fourth-order valence-electron chi connectivity index (χ4n) is 5.17. The van der Waals surface area contributed by atoms with Crippen molar-refractivity contribution >= 4 is 45.3 Å². The maximum absolute atomic E-state index is 14.1. The van der Waals surface area contributed by atoms with Crippen molar-refractivity contribution in [2.45, 2.75) is 33.4 Å². The minimum atomic E-state index is -0.884. The van der Waals surface area contributed by atoms with E-state index in [9.17, 15) is 19.6 Å². The van der Waals surface area contributed by atoms with Crippen LogP contribution in [0.2, 0.25) is 0 Å². The van der Waals surface area contributed by atoms with E-state index in [1.165, 1.54) is 23.0 Å². The van der Waals surface area contributed by atoms with Crippen LogP contribution in [0.3, 0.4) is 0 Å². The Bertz CT molecular complexity index is 2170. The zero-order valence-electron chi connectivity index (χ0n) is 27.2. The number of carbonyl (C=O) groups excluding carboxylic acids is 2. The van der Waals surface area contributed by atoms with Crippen molar-refractivity contribution in [1.29, 1.82) is 5.26 Å². The highest BCUT2D eigenvalue weighted by Gasteiger charge is 2.34. The van der Waals surface area contributed by atoms with Gasteiger partial charge in [-0.05, 0) is 84.2 Å². The summed E-state index contributed by atoms with van der Waals surface area (Å²) in [5, 5.41) is 9.38. The molecule has 5 rings (SSSR count). The number of carbonyl (C=O) groups is 2. The van der Waals surface area contributed by atoms with E-state index in [4.69, 9.17) is 18.9 Å². The maximum atomic E-state index is 14.1. The lowest BCUT2D eigenvalue weighted by atomic mass is 9.95. The summed E-state index contributed by atoms with van der Waals surface area (Å²) < 4.78 is 30.1. The molecule has 1 aliphatic heterocycles. The average Bonchev–Trinajstić information content (AvgIpc) is 3.40. The zero-order chi connectivity index (χ0) is 35.1. The first kappa shape index (κ1) is 35.1. The molecule has 11 nitrogen and oxygen atoms in total.